The van der Waals surface area contributed by atoms with Gasteiger partial charge in [0.25, 0.3) is 5.91 Å². The van der Waals surface area contributed by atoms with Crippen molar-refractivity contribution >= 4 is 17.7 Å². The van der Waals surface area contributed by atoms with Crippen LogP contribution in [0, 0.1) is 37.9 Å². The molecule has 140 valence electrons. The third-order valence-corrected chi connectivity index (χ3v) is 4.53. The molecule has 0 saturated heterocycles. The highest BCUT2D eigenvalue weighted by Gasteiger charge is 2.14. The van der Waals surface area contributed by atoms with Crippen molar-refractivity contribution in [2.75, 3.05) is 5.32 Å². The van der Waals surface area contributed by atoms with Gasteiger partial charge in [0.05, 0.1) is 0 Å². The van der Waals surface area contributed by atoms with Gasteiger partial charge in [-0.2, -0.15) is 5.26 Å². The van der Waals surface area contributed by atoms with Crippen LogP contribution in [0.4, 0.5) is 10.1 Å². The summed E-state index contributed by atoms with van der Waals surface area (Å²) in [5.41, 5.74) is 5.34. The van der Waals surface area contributed by atoms with Crippen LogP contribution in [-0.2, 0) is 4.79 Å². The van der Waals surface area contributed by atoms with Gasteiger partial charge in [0, 0.05) is 22.8 Å². The van der Waals surface area contributed by atoms with Crippen LogP contribution in [0.2, 0.25) is 0 Å². The first-order valence-electron chi connectivity index (χ1n) is 8.83. The van der Waals surface area contributed by atoms with Gasteiger partial charge < -0.3 is 9.88 Å². The Morgan fingerprint density at radius 2 is 1.71 bits per heavy atom. The molecule has 1 amide bonds. The molecule has 3 aromatic rings. The van der Waals surface area contributed by atoms with Crippen molar-refractivity contribution in [3.63, 3.8) is 0 Å². The number of hydrogen-bond acceptors (Lipinski definition) is 2. The number of hydrogen-bond donors (Lipinski definition) is 1. The van der Waals surface area contributed by atoms with Gasteiger partial charge >= 0.3 is 0 Å². The zero-order chi connectivity index (χ0) is 20.3. The van der Waals surface area contributed by atoms with Crippen LogP contribution >= 0.6 is 0 Å². The fourth-order valence-corrected chi connectivity index (χ4v) is 3.06. The summed E-state index contributed by atoms with van der Waals surface area (Å²) in [7, 11) is 0. The van der Waals surface area contributed by atoms with Gasteiger partial charge in [-0.25, -0.2) is 4.39 Å². The molecule has 0 fully saturated rings. The van der Waals surface area contributed by atoms with Crippen LogP contribution in [0.15, 0.2) is 60.2 Å². The molecule has 5 heteroatoms. The number of rotatable bonds is 4. The highest BCUT2D eigenvalue weighted by molar-refractivity contribution is 6.09. The molecule has 1 N–H and O–H groups in total. The molecule has 0 atom stereocenters. The predicted molar refractivity (Wildman–Crippen MR) is 109 cm³/mol. The largest absolute Gasteiger partial charge is 0.321 e. The van der Waals surface area contributed by atoms with Crippen molar-refractivity contribution in [3.05, 3.63) is 88.5 Å². The van der Waals surface area contributed by atoms with Crippen molar-refractivity contribution in [1.29, 1.82) is 5.26 Å². The molecular weight excluding hydrogens is 353 g/mol. The number of carbonyl (C=O) groups is 1. The molecule has 0 aliphatic heterocycles. The second-order valence-corrected chi connectivity index (χ2v) is 6.63. The van der Waals surface area contributed by atoms with E-state index in [1.807, 2.05) is 57.2 Å². The Balaban J connectivity index is 1.91. The predicted octanol–water partition coefficient (Wildman–Crippen LogP) is 5.09. The maximum atomic E-state index is 13.0. The first kappa shape index (κ1) is 19.1. The van der Waals surface area contributed by atoms with Crippen molar-refractivity contribution in [2.24, 2.45) is 0 Å². The van der Waals surface area contributed by atoms with Crippen LogP contribution in [0.25, 0.3) is 11.8 Å². The average Bonchev–Trinajstić information content (AvgIpc) is 2.95. The summed E-state index contributed by atoms with van der Waals surface area (Å²) >= 11 is 0. The second-order valence-electron chi connectivity index (χ2n) is 6.63. The molecule has 0 saturated carbocycles. The highest BCUT2D eigenvalue weighted by Crippen LogP contribution is 2.23. The first-order valence-corrected chi connectivity index (χ1v) is 8.83. The number of halogens is 1. The SMILES string of the molecule is Cc1ccc(-n2c(C)cc(/C=C(/C#N)C(=O)Nc3ccc(F)cc3)c2C)cc1. The number of anilines is 1. The Kier molecular flexibility index (Phi) is 5.42. The van der Waals surface area contributed by atoms with Crippen LogP contribution in [0.5, 0.6) is 0 Å². The maximum absolute atomic E-state index is 13.0. The van der Waals surface area contributed by atoms with E-state index >= 15 is 0 Å². The quantitative estimate of drug-likeness (QED) is 0.512. The Morgan fingerprint density at radius 1 is 1.07 bits per heavy atom. The van der Waals surface area contributed by atoms with Crippen molar-refractivity contribution in [3.8, 4) is 11.8 Å². The topological polar surface area (TPSA) is 57.8 Å². The van der Waals surface area contributed by atoms with Gasteiger partial charge in [-0.1, -0.05) is 17.7 Å². The van der Waals surface area contributed by atoms with E-state index in [0.29, 0.717) is 5.69 Å². The Hall–Kier alpha value is -3.65. The lowest BCUT2D eigenvalue weighted by Crippen LogP contribution is -2.13. The summed E-state index contributed by atoms with van der Waals surface area (Å²) in [6, 6.07) is 17.5. The smallest absolute Gasteiger partial charge is 0.266 e. The molecule has 4 nitrogen and oxygen atoms in total. The minimum atomic E-state index is -0.533. The van der Waals surface area contributed by atoms with E-state index in [2.05, 4.69) is 9.88 Å². The number of carbonyl (C=O) groups excluding carboxylic acids is 1. The highest BCUT2D eigenvalue weighted by atomic mass is 19.1. The van der Waals surface area contributed by atoms with Crippen LogP contribution in [0.3, 0.4) is 0 Å². The van der Waals surface area contributed by atoms with Gasteiger partial charge in [-0.3, -0.25) is 4.79 Å². The third-order valence-electron chi connectivity index (χ3n) is 4.53. The Labute approximate surface area is 163 Å². The van der Waals surface area contributed by atoms with Crippen molar-refractivity contribution in [2.45, 2.75) is 20.8 Å². The molecule has 0 unspecified atom stereocenters. The lowest BCUT2D eigenvalue weighted by molar-refractivity contribution is -0.112. The molecule has 3 rings (SSSR count). The second kappa shape index (κ2) is 7.93. The average molecular weight is 373 g/mol. The zero-order valence-electron chi connectivity index (χ0n) is 16.0. The fraction of sp³-hybridized carbons (Fsp3) is 0.130. The van der Waals surface area contributed by atoms with Crippen molar-refractivity contribution in [1.82, 2.24) is 4.57 Å². The van der Waals surface area contributed by atoms with E-state index < -0.39 is 11.7 Å². The van der Waals surface area contributed by atoms with Gasteiger partial charge in [-0.15, -0.1) is 0 Å². The summed E-state index contributed by atoms with van der Waals surface area (Å²) < 4.78 is 15.1. The summed E-state index contributed by atoms with van der Waals surface area (Å²) in [4.78, 5) is 12.4. The number of amides is 1. The van der Waals surface area contributed by atoms with E-state index in [1.165, 1.54) is 29.8 Å². The zero-order valence-corrected chi connectivity index (χ0v) is 16.0. The van der Waals surface area contributed by atoms with E-state index in [0.717, 1.165) is 22.6 Å². The maximum Gasteiger partial charge on any atom is 0.266 e. The van der Waals surface area contributed by atoms with E-state index in [4.69, 9.17) is 0 Å². The molecule has 0 radical (unpaired) electrons. The summed E-state index contributed by atoms with van der Waals surface area (Å²) in [6.07, 6.45) is 1.58. The molecule has 0 spiro atoms. The van der Waals surface area contributed by atoms with E-state index in [9.17, 15) is 14.4 Å². The van der Waals surface area contributed by atoms with Crippen LogP contribution in [0.1, 0.15) is 22.5 Å². The number of benzene rings is 2. The molecule has 2 aromatic carbocycles. The van der Waals surface area contributed by atoms with E-state index in [1.54, 1.807) is 6.08 Å². The standard InChI is InChI=1S/C23H20FN3O/c1-15-4-10-22(11-5-15)27-16(2)12-18(17(27)3)13-19(14-25)23(28)26-21-8-6-20(24)7-9-21/h4-13H,1-3H3,(H,26,28)/b19-13-. The first-order chi connectivity index (χ1) is 13.4. The van der Waals surface area contributed by atoms with Crippen LogP contribution in [-0.4, -0.2) is 10.5 Å². The summed E-state index contributed by atoms with van der Waals surface area (Å²) in [5, 5.41) is 12.1. The minimum Gasteiger partial charge on any atom is -0.321 e. The third kappa shape index (κ3) is 4.02. The minimum absolute atomic E-state index is 0.0199. The Morgan fingerprint density at radius 3 is 2.32 bits per heavy atom. The van der Waals surface area contributed by atoms with Gasteiger partial charge in [0.1, 0.15) is 17.5 Å². The molecule has 28 heavy (non-hydrogen) atoms. The molecular formula is C23H20FN3O. The molecule has 1 aromatic heterocycles. The number of nitrogens with zero attached hydrogens (tertiary/aromatic N) is 2. The molecule has 0 bridgehead atoms. The lowest BCUT2D eigenvalue weighted by atomic mass is 10.1. The fourth-order valence-electron chi connectivity index (χ4n) is 3.06. The molecule has 0 aliphatic rings. The van der Waals surface area contributed by atoms with Gasteiger partial charge in [0.2, 0.25) is 0 Å². The monoisotopic (exact) mass is 373 g/mol. The van der Waals surface area contributed by atoms with Crippen molar-refractivity contribution < 1.29 is 9.18 Å². The van der Waals surface area contributed by atoms with E-state index in [-0.39, 0.29) is 5.57 Å². The molecule has 0 aliphatic carbocycles. The number of nitrogens with one attached hydrogen (secondary N) is 1. The molecule has 1 heterocycles. The number of nitriles is 1. The van der Waals surface area contributed by atoms with Gasteiger partial charge in [-0.05, 0) is 74.9 Å². The van der Waals surface area contributed by atoms with Gasteiger partial charge in [0.15, 0.2) is 0 Å². The number of aryl methyl sites for hydroxylation is 2. The summed E-state index contributed by atoms with van der Waals surface area (Å²) in [6.45, 7) is 5.96. The normalized spacial score (nSPS) is 11.2. The lowest BCUT2D eigenvalue weighted by Gasteiger charge is -2.10. The number of aromatic nitrogens is 1. The summed E-state index contributed by atoms with van der Waals surface area (Å²) in [5.74, 6) is -0.924. The Bertz CT molecular complexity index is 1080. The van der Waals surface area contributed by atoms with Crippen LogP contribution < -0.4 is 5.32 Å².